The van der Waals surface area contributed by atoms with Crippen molar-refractivity contribution in [1.82, 2.24) is 5.32 Å². The largest absolute Gasteiger partial charge is 0.388 e. The molecule has 0 saturated heterocycles. The lowest BCUT2D eigenvalue weighted by Crippen LogP contribution is -2.47. The summed E-state index contributed by atoms with van der Waals surface area (Å²) in [5.41, 5.74) is 1.87. The molecule has 0 spiro atoms. The average Bonchev–Trinajstić information content (AvgIpc) is 2.43. The molecule has 3 heteroatoms. The lowest BCUT2D eigenvalue weighted by atomic mass is 9.80. The van der Waals surface area contributed by atoms with Gasteiger partial charge in [0, 0.05) is 13.0 Å². The van der Waals surface area contributed by atoms with Crippen molar-refractivity contribution < 1.29 is 9.90 Å². The summed E-state index contributed by atoms with van der Waals surface area (Å²) in [6, 6.07) is 8.52. The minimum Gasteiger partial charge on any atom is -0.388 e. The van der Waals surface area contributed by atoms with Crippen molar-refractivity contribution in [3.8, 4) is 0 Å². The highest BCUT2D eigenvalue weighted by Crippen LogP contribution is 2.30. The van der Waals surface area contributed by atoms with E-state index in [9.17, 15) is 9.90 Å². The van der Waals surface area contributed by atoms with Gasteiger partial charge in [0.25, 0.3) is 0 Å². The molecule has 1 amide bonds. The first-order chi connectivity index (χ1) is 9.89. The molecule has 0 aromatic heterocycles. The summed E-state index contributed by atoms with van der Waals surface area (Å²) in [4.78, 5) is 12.0. The maximum Gasteiger partial charge on any atom is 0.220 e. The molecule has 1 aliphatic carbocycles. The van der Waals surface area contributed by atoms with Gasteiger partial charge in [0.15, 0.2) is 0 Å². The van der Waals surface area contributed by atoms with Gasteiger partial charge >= 0.3 is 0 Å². The van der Waals surface area contributed by atoms with E-state index in [1.54, 1.807) is 0 Å². The number of benzene rings is 1. The maximum absolute atomic E-state index is 12.0. The van der Waals surface area contributed by atoms with E-state index in [0.29, 0.717) is 18.9 Å². The summed E-state index contributed by atoms with van der Waals surface area (Å²) in [6.45, 7) is 6.82. The van der Waals surface area contributed by atoms with Crippen molar-refractivity contribution in [2.24, 2.45) is 0 Å². The van der Waals surface area contributed by atoms with Crippen LogP contribution in [0, 0.1) is 0 Å². The highest BCUT2D eigenvalue weighted by molar-refractivity contribution is 5.76. The summed E-state index contributed by atoms with van der Waals surface area (Å²) in [5.74, 6) is 0.749. The van der Waals surface area contributed by atoms with E-state index in [1.807, 2.05) is 0 Å². The van der Waals surface area contributed by atoms with Crippen LogP contribution in [0.3, 0.4) is 0 Å². The Kier molecular flexibility index (Phi) is 5.04. The molecule has 0 heterocycles. The molecule has 1 unspecified atom stereocenters. The quantitative estimate of drug-likeness (QED) is 0.844. The topological polar surface area (TPSA) is 49.3 Å². The van der Waals surface area contributed by atoms with E-state index >= 15 is 0 Å². The van der Waals surface area contributed by atoms with E-state index in [4.69, 9.17) is 0 Å². The average molecular weight is 289 g/mol. The van der Waals surface area contributed by atoms with E-state index in [-0.39, 0.29) is 11.8 Å². The van der Waals surface area contributed by atoms with Crippen molar-refractivity contribution in [3.05, 3.63) is 35.4 Å². The number of carbonyl (C=O) groups excluding carboxylic acids is 1. The van der Waals surface area contributed by atoms with Crippen LogP contribution in [0.1, 0.15) is 69.4 Å². The van der Waals surface area contributed by atoms with Crippen LogP contribution in [0.2, 0.25) is 0 Å². The van der Waals surface area contributed by atoms with Gasteiger partial charge in [-0.2, -0.15) is 0 Å². The number of aliphatic hydroxyl groups is 1. The van der Waals surface area contributed by atoms with Crippen LogP contribution in [0.5, 0.6) is 0 Å². The van der Waals surface area contributed by atoms with E-state index in [1.165, 1.54) is 11.1 Å². The Hall–Kier alpha value is -1.35. The van der Waals surface area contributed by atoms with Gasteiger partial charge in [-0.3, -0.25) is 4.79 Å². The highest BCUT2D eigenvalue weighted by Gasteiger charge is 2.34. The Bertz CT molecular complexity index is 474. The maximum atomic E-state index is 12.0. The molecule has 21 heavy (non-hydrogen) atoms. The van der Waals surface area contributed by atoms with Crippen LogP contribution in [0.25, 0.3) is 0 Å². The second kappa shape index (κ2) is 6.61. The molecule has 1 atom stereocenters. The zero-order valence-electron chi connectivity index (χ0n) is 13.4. The van der Waals surface area contributed by atoms with Gasteiger partial charge in [-0.15, -0.1) is 0 Å². The smallest absolute Gasteiger partial charge is 0.220 e. The summed E-state index contributed by atoms with van der Waals surface area (Å²) in [7, 11) is 0. The van der Waals surface area contributed by atoms with Crippen LogP contribution in [0.4, 0.5) is 0 Å². The number of nitrogens with one attached hydrogen (secondary N) is 1. The zero-order valence-corrected chi connectivity index (χ0v) is 13.4. The van der Waals surface area contributed by atoms with Crippen LogP contribution in [0.15, 0.2) is 24.3 Å². The summed E-state index contributed by atoms with van der Waals surface area (Å²) in [5, 5.41) is 12.8. The molecule has 1 aliphatic rings. The van der Waals surface area contributed by atoms with Gasteiger partial charge in [0.1, 0.15) is 0 Å². The third kappa shape index (κ3) is 4.31. The number of amides is 1. The molecular weight excluding hydrogens is 262 g/mol. The van der Waals surface area contributed by atoms with E-state index in [2.05, 4.69) is 50.4 Å². The molecule has 116 valence electrons. The van der Waals surface area contributed by atoms with E-state index in [0.717, 1.165) is 19.3 Å². The van der Waals surface area contributed by atoms with Gasteiger partial charge in [0.05, 0.1) is 5.60 Å². The molecule has 2 rings (SSSR count). The minimum absolute atomic E-state index is 0.0239. The van der Waals surface area contributed by atoms with Gasteiger partial charge < -0.3 is 10.4 Å². The molecule has 0 bridgehead atoms. The Morgan fingerprint density at radius 2 is 1.76 bits per heavy atom. The standard InChI is InChI=1S/C18H27NO2/c1-13(2)15-5-7-16(8-6-15)14(3)11-17(20)19-12-18(21)9-4-10-18/h5-8,13-14,21H,4,9-12H2,1-3H3,(H,19,20). The number of rotatable bonds is 6. The summed E-state index contributed by atoms with van der Waals surface area (Å²) >= 11 is 0. The molecule has 1 saturated carbocycles. The fourth-order valence-corrected chi connectivity index (χ4v) is 2.70. The highest BCUT2D eigenvalue weighted by atomic mass is 16.3. The Morgan fingerprint density at radius 3 is 2.24 bits per heavy atom. The first-order valence-corrected chi connectivity index (χ1v) is 7.98. The summed E-state index contributed by atoms with van der Waals surface area (Å²) in [6.07, 6.45) is 3.14. The van der Waals surface area contributed by atoms with Crippen LogP contribution in [-0.2, 0) is 4.79 Å². The second-order valence-electron chi connectivity index (χ2n) is 6.78. The molecule has 2 N–H and O–H groups in total. The molecule has 0 radical (unpaired) electrons. The van der Waals surface area contributed by atoms with Gasteiger partial charge in [-0.1, -0.05) is 45.0 Å². The predicted octanol–water partition coefficient (Wildman–Crippen LogP) is 3.33. The molecule has 3 nitrogen and oxygen atoms in total. The Labute approximate surface area is 127 Å². The van der Waals surface area contributed by atoms with E-state index < -0.39 is 5.60 Å². The number of carbonyl (C=O) groups is 1. The Morgan fingerprint density at radius 1 is 1.19 bits per heavy atom. The normalized spacial score (nSPS) is 18.1. The molecule has 1 aromatic carbocycles. The lowest BCUT2D eigenvalue weighted by Gasteiger charge is -2.36. The first-order valence-electron chi connectivity index (χ1n) is 7.98. The van der Waals surface area contributed by atoms with Crippen LogP contribution >= 0.6 is 0 Å². The Balaban J connectivity index is 1.82. The van der Waals surface area contributed by atoms with Gasteiger partial charge in [-0.05, 0) is 42.2 Å². The van der Waals surface area contributed by atoms with Crippen molar-refractivity contribution >= 4 is 5.91 Å². The number of hydrogen-bond acceptors (Lipinski definition) is 2. The van der Waals surface area contributed by atoms with Crippen molar-refractivity contribution in [2.75, 3.05) is 6.54 Å². The van der Waals surface area contributed by atoms with Gasteiger partial charge in [0.2, 0.25) is 5.91 Å². The number of hydrogen-bond donors (Lipinski definition) is 2. The third-order valence-electron chi connectivity index (χ3n) is 4.56. The zero-order chi connectivity index (χ0) is 15.5. The predicted molar refractivity (Wildman–Crippen MR) is 85.4 cm³/mol. The molecule has 1 fully saturated rings. The van der Waals surface area contributed by atoms with Crippen LogP contribution < -0.4 is 5.32 Å². The van der Waals surface area contributed by atoms with Crippen molar-refractivity contribution in [1.29, 1.82) is 0 Å². The molecule has 0 aliphatic heterocycles. The first kappa shape index (κ1) is 16.0. The van der Waals surface area contributed by atoms with Crippen molar-refractivity contribution in [3.63, 3.8) is 0 Å². The fourth-order valence-electron chi connectivity index (χ4n) is 2.70. The molecule has 1 aromatic rings. The van der Waals surface area contributed by atoms with Gasteiger partial charge in [-0.25, -0.2) is 0 Å². The second-order valence-corrected chi connectivity index (χ2v) is 6.78. The lowest BCUT2D eigenvalue weighted by molar-refractivity contribution is -0.123. The SMILES string of the molecule is CC(C)c1ccc(C(C)CC(=O)NCC2(O)CCC2)cc1. The minimum atomic E-state index is -0.641. The summed E-state index contributed by atoms with van der Waals surface area (Å²) < 4.78 is 0. The van der Waals surface area contributed by atoms with Crippen molar-refractivity contribution in [2.45, 2.75) is 63.9 Å². The monoisotopic (exact) mass is 289 g/mol. The van der Waals surface area contributed by atoms with Crippen LogP contribution in [-0.4, -0.2) is 23.2 Å². The fraction of sp³-hybridized carbons (Fsp3) is 0.611. The third-order valence-corrected chi connectivity index (χ3v) is 4.56. The molecular formula is C18H27NO2.